The number of rotatable bonds is 6. The molecular formula is C15H31ClN2O. The van der Waals surface area contributed by atoms with E-state index in [4.69, 9.17) is 5.73 Å². The molecule has 0 aliphatic heterocycles. The lowest BCUT2D eigenvalue weighted by Gasteiger charge is -2.29. The van der Waals surface area contributed by atoms with Crippen LogP contribution in [0.25, 0.3) is 0 Å². The van der Waals surface area contributed by atoms with E-state index in [2.05, 4.69) is 19.2 Å². The number of carbonyl (C=O) groups excluding carboxylic acids is 1. The van der Waals surface area contributed by atoms with Crippen LogP contribution in [0.3, 0.4) is 0 Å². The lowest BCUT2D eigenvalue weighted by molar-refractivity contribution is -0.127. The summed E-state index contributed by atoms with van der Waals surface area (Å²) in [6, 6.07) is 0.0881. The van der Waals surface area contributed by atoms with Gasteiger partial charge in [-0.3, -0.25) is 4.79 Å². The number of amides is 1. The van der Waals surface area contributed by atoms with Crippen LogP contribution in [0.1, 0.15) is 59.3 Å². The molecule has 1 unspecified atom stereocenters. The fourth-order valence-corrected chi connectivity index (χ4v) is 2.87. The molecule has 1 saturated carbocycles. The highest BCUT2D eigenvalue weighted by molar-refractivity contribution is 5.85. The minimum atomic E-state index is 0. The summed E-state index contributed by atoms with van der Waals surface area (Å²) in [5, 5.41) is 3.04. The van der Waals surface area contributed by atoms with Crippen molar-refractivity contribution in [2.75, 3.05) is 6.54 Å². The molecule has 0 saturated heterocycles. The van der Waals surface area contributed by atoms with E-state index < -0.39 is 0 Å². The Labute approximate surface area is 124 Å². The van der Waals surface area contributed by atoms with E-state index in [-0.39, 0.29) is 30.3 Å². The highest BCUT2D eigenvalue weighted by atomic mass is 35.5. The molecule has 0 aromatic rings. The maximum absolute atomic E-state index is 12.3. The molecule has 2 atom stereocenters. The number of hydrogen-bond acceptors (Lipinski definition) is 2. The fraction of sp³-hybridized carbons (Fsp3) is 0.933. The predicted molar refractivity (Wildman–Crippen MR) is 83.4 cm³/mol. The van der Waals surface area contributed by atoms with Gasteiger partial charge in [0.25, 0.3) is 0 Å². The molecule has 3 N–H and O–H groups in total. The monoisotopic (exact) mass is 290 g/mol. The number of carbonyl (C=O) groups is 1. The second-order valence-corrected chi connectivity index (χ2v) is 6.24. The van der Waals surface area contributed by atoms with Crippen molar-refractivity contribution in [2.45, 2.75) is 65.3 Å². The zero-order chi connectivity index (χ0) is 13.5. The van der Waals surface area contributed by atoms with Gasteiger partial charge in [0.2, 0.25) is 5.91 Å². The minimum Gasteiger partial charge on any atom is -0.352 e. The normalized spacial score (nSPS) is 19.6. The van der Waals surface area contributed by atoms with Crippen molar-refractivity contribution >= 4 is 18.3 Å². The fourth-order valence-electron chi connectivity index (χ4n) is 2.87. The standard InChI is InChI=1S/C15H30N2O.ClH/c1-11(2)14(15(18)17-12(3)10-16)9-13-7-5-4-6-8-13;/h11-14H,4-10,16H2,1-3H3,(H,17,18);1H/t12-,14?;/m0./s1. The maximum Gasteiger partial charge on any atom is 0.223 e. The van der Waals surface area contributed by atoms with Crippen molar-refractivity contribution in [3.05, 3.63) is 0 Å². The summed E-state index contributed by atoms with van der Waals surface area (Å²) in [7, 11) is 0. The second-order valence-electron chi connectivity index (χ2n) is 6.24. The van der Waals surface area contributed by atoms with Crippen LogP contribution >= 0.6 is 12.4 Å². The summed E-state index contributed by atoms with van der Waals surface area (Å²) in [6.07, 6.45) is 7.73. The van der Waals surface area contributed by atoms with E-state index in [9.17, 15) is 4.79 Å². The molecule has 3 nitrogen and oxygen atoms in total. The molecule has 1 aliphatic rings. The number of nitrogens with one attached hydrogen (secondary N) is 1. The number of nitrogens with two attached hydrogens (primary N) is 1. The predicted octanol–water partition coefficient (Wildman–Crippen LogP) is 3.11. The quantitative estimate of drug-likeness (QED) is 0.790. The first-order chi connectivity index (χ1) is 8.54. The van der Waals surface area contributed by atoms with Gasteiger partial charge in [-0.25, -0.2) is 0 Å². The minimum absolute atomic E-state index is 0. The highest BCUT2D eigenvalue weighted by Crippen LogP contribution is 2.31. The Bertz CT molecular complexity index is 253. The van der Waals surface area contributed by atoms with Crippen LogP contribution in [0, 0.1) is 17.8 Å². The van der Waals surface area contributed by atoms with Crippen molar-refractivity contribution in [2.24, 2.45) is 23.5 Å². The van der Waals surface area contributed by atoms with Crippen molar-refractivity contribution in [3.63, 3.8) is 0 Å². The maximum atomic E-state index is 12.3. The third kappa shape index (κ3) is 6.62. The molecule has 114 valence electrons. The molecule has 0 heterocycles. The molecule has 4 heteroatoms. The Morgan fingerprint density at radius 3 is 2.26 bits per heavy atom. The van der Waals surface area contributed by atoms with E-state index in [0.717, 1.165) is 12.3 Å². The summed E-state index contributed by atoms with van der Waals surface area (Å²) >= 11 is 0. The number of halogens is 1. The van der Waals surface area contributed by atoms with Gasteiger partial charge < -0.3 is 11.1 Å². The van der Waals surface area contributed by atoms with Crippen LogP contribution < -0.4 is 11.1 Å². The smallest absolute Gasteiger partial charge is 0.223 e. The van der Waals surface area contributed by atoms with Crippen LogP contribution in [-0.2, 0) is 4.79 Å². The Morgan fingerprint density at radius 2 is 1.79 bits per heavy atom. The summed E-state index contributed by atoms with van der Waals surface area (Å²) in [6.45, 7) is 6.79. The van der Waals surface area contributed by atoms with Gasteiger partial charge in [-0.2, -0.15) is 0 Å². The largest absolute Gasteiger partial charge is 0.352 e. The molecule has 0 aromatic carbocycles. The van der Waals surface area contributed by atoms with Gasteiger partial charge >= 0.3 is 0 Å². The Morgan fingerprint density at radius 1 is 1.21 bits per heavy atom. The van der Waals surface area contributed by atoms with Crippen LogP contribution in [0.4, 0.5) is 0 Å². The van der Waals surface area contributed by atoms with Crippen LogP contribution in [0.5, 0.6) is 0 Å². The third-order valence-electron chi connectivity index (χ3n) is 4.20. The number of hydrogen-bond donors (Lipinski definition) is 2. The van der Waals surface area contributed by atoms with E-state index >= 15 is 0 Å². The highest BCUT2D eigenvalue weighted by Gasteiger charge is 2.27. The van der Waals surface area contributed by atoms with Gasteiger partial charge in [-0.05, 0) is 25.2 Å². The van der Waals surface area contributed by atoms with Crippen LogP contribution in [-0.4, -0.2) is 18.5 Å². The zero-order valence-electron chi connectivity index (χ0n) is 12.7. The summed E-state index contributed by atoms with van der Waals surface area (Å²) in [5.41, 5.74) is 5.57. The van der Waals surface area contributed by atoms with Crippen molar-refractivity contribution in [3.8, 4) is 0 Å². The van der Waals surface area contributed by atoms with Crippen LogP contribution in [0.15, 0.2) is 0 Å². The second kappa shape index (κ2) is 9.60. The molecule has 0 aromatic heterocycles. The van der Waals surface area contributed by atoms with Crippen molar-refractivity contribution in [1.29, 1.82) is 0 Å². The van der Waals surface area contributed by atoms with Gasteiger partial charge in [0.1, 0.15) is 0 Å². The zero-order valence-corrected chi connectivity index (χ0v) is 13.5. The average Bonchev–Trinajstić information content (AvgIpc) is 2.36. The topological polar surface area (TPSA) is 55.1 Å². The van der Waals surface area contributed by atoms with E-state index in [0.29, 0.717) is 12.5 Å². The first kappa shape index (κ1) is 18.7. The van der Waals surface area contributed by atoms with Gasteiger partial charge in [0.05, 0.1) is 0 Å². The van der Waals surface area contributed by atoms with E-state index in [1.165, 1.54) is 32.1 Å². The van der Waals surface area contributed by atoms with Crippen LogP contribution in [0.2, 0.25) is 0 Å². The first-order valence-electron chi connectivity index (χ1n) is 7.55. The molecular weight excluding hydrogens is 260 g/mol. The van der Waals surface area contributed by atoms with E-state index in [1.807, 2.05) is 6.92 Å². The van der Waals surface area contributed by atoms with Crippen molar-refractivity contribution < 1.29 is 4.79 Å². The Hall–Kier alpha value is -0.280. The lowest BCUT2D eigenvalue weighted by Crippen LogP contribution is -2.43. The molecule has 1 rings (SSSR count). The van der Waals surface area contributed by atoms with Gasteiger partial charge in [-0.15, -0.1) is 12.4 Å². The van der Waals surface area contributed by atoms with Gasteiger partial charge in [-0.1, -0.05) is 46.0 Å². The summed E-state index contributed by atoms with van der Waals surface area (Å²) < 4.78 is 0. The summed E-state index contributed by atoms with van der Waals surface area (Å²) in [5.74, 6) is 1.53. The SMILES string of the molecule is CC(C)C(CC1CCCCC1)C(=O)N[C@@H](C)CN.Cl. The van der Waals surface area contributed by atoms with E-state index in [1.54, 1.807) is 0 Å². The lowest BCUT2D eigenvalue weighted by atomic mass is 9.79. The Kier molecular flexibility index (Phi) is 9.46. The first-order valence-corrected chi connectivity index (χ1v) is 7.55. The Balaban J connectivity index is 0.00000324. The average molecular weight is 291 g/mol. The molecule has 1 aliphatic carbocycles. The molecule has 0 spiro atoms. The molecule has 0 bridgehead atoms. The van der Waals surface area contributed by atoms with Crippen molar-refractivity contribution in [1.82, 2.24) is 5.32 Å². The summed E-state index contributed by atoms with van der Waals surface area (Å²) in [4.78, 5) is 12.3. The molecule has 19 heavy (non-hydrogen) atoms. The molecule has 1 amide bonds. The van der Waals surface area contributed by atoms with Gasteiger partial charge in [0, 0.05) is 18.5 Å². The molecule has 1 fully saturated rings. The third-order valence-corrected chi connectivity index (χ3v) is 4.20. The van der Waals surface area contributed by atoms with Gasteiger partial charge in [0.15, 0.2) is 0 Å². The molecule has 0 radical (unpaired) electrons.